The van der Waals surface area contributed by atoms with Crippen LogP contribution in [-0.4, -0.2) is 37.2 Å². The molecule has 1 heterocycles. The molecule has 0 aromatic heterocycles. The first-order valence-electron chi connectivity index (χ1n) is 6.89. The number of hydrogen-bond acceptors (Lipinski definition) is 3. The van der Waals surface area contributed by atoms with Crippen LogP contribution in [0.5, 0.6) is 0 Å². The Bertz CT molecular complexity index is 342. The van der Waals surface area contributed by atoms with E-state index in [2.05, 4.69) is 42.2 Å². The molecule has 2 unspecified atom stereocenters. The van der Waals surface area contributed by atoms with Crippen molar-refractivity contribution >= 4 is 0 Å². The molecule has 1 aromatic rings. The van der Waals surface area contributed by atoms with Crippen molar-refractivity contribution in [1.82, 2.24) is 4.90 Å². The second-order valence-electron chi connectivity index (χ2n) is 5.10. The summed E-state index contributed by atoms with van der Waals surface area (Å²) in [5, 5.41) is 0. The molecule has 2 rings (SSSR count). The van der Waals surface area contributed by atoms with E-state index in [4.69, 9.17) is 10.5 Å². The van der Waals surface area contributed by atoms with Crippen LogP contribution in [-0.2, 0) is 11.3 Å². The van der Waals surface area contributed by atoms with Crippen molar-refractivity contribution in [2.75, 3.05) is 26.3 Å². The minimum atomic E-state index is 0.295. The Morgan fingerprint density at radius 3 is 2.78 bits per heavy atom. The lowest BCUT2D eigenvalue weighted by molar-refractivity contribution is 0.0256. The van der Waals surface area contributed by atoms with E-state index in [0.29, 0.717) is 12.0 Å². The molecule has 0 bridgehead atoms. The van der Waals surface area contributed by atoms with Gasteiger partial charge in [0.2, 0.25) is 0 Å². The van der Waals surface area contributed by atoms with Gasteiger partial charge in [0.1, 0.15) is 0 Å². The summed E-state index contributed by atoms with van der Waals surface area (Å²) < 4.78 is 5.54. The zero-order chi connectivity index (χ0) is 12.8. The molecule has 1 aliphatic rings. The largest absolute Gasteiger partial charge is 0.381 e. The van der Waals surface area contributed by atoms with Crippen molar-refractivity contribution in [2.45, 2.75) is 25.9 Å². The van der Waals surface area contributed by atoms with Crippen LogP contribution in [0.4, 0.5) is 0 Å². The molecule has 3 nitrogen and oxygen atoms in total. The highest BCUT2D eigenvalue weighted by molar-refractivity contribution is 5.14. The number of ether oxygens (including phenoxy) is 1. The minimum absolute atomic E-state index is 0.295. The summed E-state index contributed by atoms with van der Waals surface area (Å²) in [6.07, 6.45) is 0.994. The summed E-state index contributed by atoms with van der Waals surface area (Å²) in [4.78, 5) is 2.45. The first kappa shape index (κ1) is 13.5. The number of nitrogens with two attached hydrogens (primary N) is 1. The maximum Gasteiger partial charge on any atom is 0.0521 e. The normalized spacial score (nSPS) is 24.4. The molecule has 3 heteroatoms. The second-order valence-corrected chi connectivity index (χ2v) is 5.10. The van der Waals surface area contributed by atoms with Crippen molar-refractivity contribution < 1.29 is 4.74 Å². The van der Waals surface area contributed by atoms with Gasteiger partial charge in [0.05, 0.1) is 6.61 Å². The summed E-state index contributed by atoms with van der Waals surface area (Å²) >= 11 is 0. The lowest BCUT2D eigenvalue weighted by Gasteiger charge is -2.33. The number of rotatable bonds is 5. The Balaban J connectivity index is 1.88. The summed E-state index contributed by atoms with van der Waals surface area (Å²) in [7, 11) is 0. The van der Waals surface area contributed by atoms with Gasteiger partial charge in [-0.1, -0.05) is 37.3 Å². The van der Waals surface area contributed by atoms with E-state index in [1.807, 2.05) is 0 Å². The molecule has 0 aliphatic carbocycles. The fourth-order valence-electron chi connectivity index (χ4n) is 2.48. The van der Waals surface area contributed by atoms with Gasteiger partial charge in [-0.05, 0) is 18.5 Å². The first-order chi connectivity index (χ1) is 8.79. The highest BCUT2D eigenvalue weighted by atomic mass is 16.5. The lowest BCUT2D eigenvalue weighted by atomic mass is 9.96. The molecule has 2 atom stereocenters. The van der Waals surface area contributed by atoms with Crippen LogP contribution in [0.1, 0.15) is 18.9 Å². The van der Waals surface area contributed by atoms with Gasteiger partial charge >= 0.3 is 0 Å². The Labute approximate surface area is 110 Å². The van der Waals surface area contributed by atoms with E-state index in [1.54, 1.807) is 0 Å². The van der Waals surface area contributed by atoms with Gasteiger partial charge in [0.25, 0.3) is 0 Å². The van der Waals surface area contributed by atoms with Crippen LogP contribution in [0.25, 0.3) is 0 Å². The first-order valence-corrected chi connectivity index (χ1v) is 6.89. The summed E-state index contributed by atoms with van der Waals surface area (Å²) in [5.41, 5.74) is 7.53. The fourth-order valence-corrected chi connectivity index (χ4v) is 2.48. The SMILES string of the molecule is CCN(Cc1ccccc1)CC1COCCC1N. The molecule has 1 saturated heterocycles. The van der Waals surface area contributed by atoms with Gasteiger partial charge in [-0.2, -0.15) is 0 Å². The van der Waals surface area contributed by atoms with Crippen LogP contribution < -0.4 is 5.73 Å². The Kier molecular flexibility index (Phi) is 5.17. The van der Waals surface area contributed by atoms with Gasteiger partial charge in [0, 0.05) is 31.7 Å². The molecule has 0 saturated carbocycles. The van der Waals surface area contributed by atoms with Crippen molar-refractivity contribution in [2.24, 2.45) is 11.7 Å². The quantitative estimate of drug-likeness (QED) is 0.864. The van der Waals surface area contributed by atoms with Gasteiger partial charge in [0.15, 0.2) is 0 Å². The van der Waals surface area contributed by atoms with Crippen LogP contribution in [0, 0.1) is 5.92 Å². The molecule has 0 radical (unpaired) electrons. The van der Waals surface area contributed by atoms with Crippen molar-refractivity contribution in [3.05, 3.63) is 35.9 Å². The second kappa shape index (κ2) is 6.88. The van der Waals surface area contributed by atoms with Gasteiger partial charge in [-0.25, -0.2) is 0 Å². The molecule has 0 amide bonds. The van der Waals surface area contributed by atoms with E-state index in [1.165, 1.54) is 5.56 Å². The summed E-state index contributed by atoms with van der Waals surface area (Å²) in [5.74, 6) is 0.474. The van der Waals surface area contributed by atoms with E-state index in [-0.39, 0.29) is 0 Å². The third-order valence-electron chi connectivity index (χ3n) is 3.72. The van der Waals surface area contributed by atoms with Crippen molar-refractivity contribution in [3.63, 3.8) is 0 Å². The van der Waals surface area contributed by atoms with E-state index in [0.717, 1.165) is 39.3 Å². The summed E-state index contributed by atoms with van der Waals surface area (Å²) in [6, 6.07) is 10.9. The van der Waals surface area contributed by atoms with Crippen molar-refractivity contribution in [1.29, 1.82) is 0 Å². The number of hydrogen-bond donors (Lipinski definition) is 1. The summed E-state index contributed by atoms with van der Waals surface area (Å²) in [6.45, 7) is 6.93. The van der Waals surface area contributed by atoms with Crippen molar-refractivity contribution in [3.8, 4) is 0 Å². The molecule has 1 aromatic carbocycles. The Morgan fingerprint density at radius 2 is 2.11 bits per heavy atom. The highest BCUT2D eigenvalue weighted by Crippen LogP contribution is 2.15. The molecule has 2 N–H and O–H groups in total. The molecular formula is C15H24N2O. The maximum atomic E-state index is 6.17. The average molecular weight is 248 g/mol. The Hall–Kier alpha value is -0.900. The average Bonchev–Trinajstić information content (AvgIpc) is 2.41. The zero-order valence-corrected chi connectivity index (χ0v) is 11.2. The molecule has 18 heavy (non-hydrogen) atoms. The molecule has 1 aliphatic heterocycles. The molecule has 0 spiro atoms. The standard InChI is InChI=1S/C15H24N2O/c1-2-17(10-13-6-4-3-5-7-13)11-14-12-18-9-8-15(14)16/h3-7,14-15H,2,8-12,16H2,1H3. The number of nitrogens with zero attached hydrogens (tertiary/aromatic N) is 1. The Morgan fingerprint density at radius 1 is 1.33 bits per heavy atom. The zero-order valence-electron chi connectivity index (χ0n) is 11.2. The smallest absolute Gasteiger partial charge is 0.0521 e. The van der Waals surface area contributed by atoms with Crippen LogP contribution in [0.3, 0.4) is 0 Å². The highest BCUT2D eigenvalue weighted by Gasteiger charge is 2.24. The van der Waals surface area contributed by atoms with Gasteiger partial charge in [-0.15, -0.1) is 0 Å². The lowest BCUT2D eigenvalue weighted by Crippen LogP contribution is -2.45. The topological polar surface area (TPSA) is 38.5 Å². The van der Waals surface area contributed by atoms with Crippen LogP contribution >= 0.6 is 0 Å². The monoisotopic (exact) mass is 248 g/mol. The minimum Gasteiger partial charge on any atom is -0.381 e. The van der Waals surface area contributed by atoms with Crippen LogP contribution in [0.2, 0.25) is 0 Å². The van der Waals surface area contributed by atoms with E-state index >= 15 is 0 Å². The van der Waals surface area contributed by atoms with E-state index in [9.17, 15) is 0 Å². The maximum absolute atomic E-state index is 6.17. The van der Waals surface area contributed by atoms with Gasteiger partial charge in [-0.3, -0.25) is 4.90 Å². The predicted octanol–water partition coefficient (Wildman–Crippen LogP) is 1.87. The molecule has 1 fully saturated rings. The van der Waals surface area contributed by atoms with Gasteiger partial charge < -0.3 is 10.5 Å². The molecule has 100 valence electrons. The van der Waals surface area contributed by atoms with Crippen LogP contribution in [0.15, 0.2) is 30.3 Å². The third-order valence-corrected chi connectivity index (χ3v) is 3.72. The van der Waals surface area contributed by atoms with E-state index < -0.39 is 0 Å². The predicted molar refractivity (Wildman–Crippen MR) is 74.3 cm³/mol. The fraction of sp³-hybridized carbons (Fsp3) is 0.600. The number of benzene rings is 1. The molecular weight excluding hydrogens is 224 g/mol. The third kappa shape index (κ3) is 3.80.